The van der Waals surface area contributed by atoms with E-state index in [-0.39, 0.29) is 5.91 Å². The van der Waals surface area contributed by atoms with Gasteiger partial charge in [-0.2, -0.15) is 0 Å². The molecule has 0 radical (unpaired) electrons. The molecule has 0 aliphatic rings. The summed E-state index contributed by atoms with van der Waals surface area (Å²) in [5.74, 6) is 2.45. The number of carbonyl (C=O) groups is 1. The molecule has 0 unspecified atom stereocenters. The molecule has 0 fully saturated rings. The standard InChI is InChI=1S/C13H15NO/c1-4-10-14(3)13(15)12-9-7-6-8-11(12)5-2/h1,6-9H,5,10H2,2-3H3. The molecule has 0 spiro atoms. The molecule has 0 aliphatic carbocycles. The number of carbonyl (C=O) groups excluding carboxylic acids is 1. The number of benzene rings is 1. The van der Waals surface area contributed by atoms with E-state index < -0.39 is 0 Å². The molecule has 1 aromatic rings. The molecule has 1 amide bonds. The zero-order valence-corrected chi connectivity index (χ0v) is 9.16. The van der Waals surface area contributed by atoms with Crippen molar-refractivity contribution in [3.05, 3.63) is 35.4 Å². The summed E-state index contributed by atoms with van der Waals surface area (Å²) in [5, 5.41) is 0. The van der Waals surface area contributed by atoms with Crippen LogP contribution in [0.1, 0.15) is 22.8 Å². The number of rotatable bonds is 3. The van der Waals surface area contributed by atoms with Gasteiger partial charge in [-0.15, -0.1) is 6.42 Å². The monoisotopic (exact) mass is 201 g/mol. The van der Waals surface area contributed by atoms with Gasteiger partial charge in [0.1, 0.15) is 0 Å². The van der Waals surface area contributed by atoms with Crippen molar-refractivity contribution in [1.82, 2.24) is 4.90 Å². The average Bonchev–Trinajstić information content (AvgIpc) is 2.28. The highest BCUT2D eigenvalue weighted by atomic mass is 16.2. The molecule has 0 N–H and O–H groups in total. The SMILES string of the molecule is C#CCN(C)C(=O)c1ccccc1CC. The van der Waals surface area contributed by atoms with Gasteiger partial charge in [0.25, 0.3) is 5.91 Å². The highest BCUT2D eigenvalue weighted by Gasteiger charge is 2.13. The molecule has 1 aromatic carbocycles. The summed E-state index contributed by atoms with van der Waals surface area (Å²) in [6.45, 7) is 2.38. The van der Waals surface area contributed by atoms with Gasteiger partial charge in [0.15, 0.2) is 0 Å². The summed E-state index contributed by atoms with van der Waals surface area (Å²) in [6.07, 6.45) is 6.02. The molecule has 0 heterocycles. The first-order valence-corrected chi connectivity index (χ1v) is 4.97. The zero-order valence-electron chi connectivity index (χ0n) is 9.16. The quantitative estimate of drug-likeness (QED) is 0.684. The van der Waals surface area contributed by atoms with Crippen LogP contribution in [0.5, 0.6) is 0 Å². The topological polar surface area (TPSA) is 20.3 Å². The van der Waals surface area contributed by atoms with Crippen molar-refractivity contribution >= 4 is 5.91 Å². The van der Waals surface area contributed by atoms with Crippen LogP contribution in [0.3, 0.4) is 0 Å². The van der Waals surface area contributed by atoms with Crippen molar-refractivity contribution < 1.29 is 4.79 Å². The predicted molar refractivity (Wildman–Crippen MR) is 61.6 cm³/mol. The van der Waals surface area contributed by atoms with Gasteiger partial charge in [0.2, 0.25) is 0 Å². The fourth-order valence-electron chi connectivity index (χ4n) is 1.45. The van der Waals surface area contributed by atoms with Gasteiger partial charge >= 0.3 is 0 Å². The van der Waals surface area contributed by atoms with E-state index in [1.54, 1.807) is 11.9 Å². The Morgan fingerprint density at radius 2 is 2.13 bits per heavy atom. The number of hydrogen-bond donors (Lipinski definition) is 0. The number of nitrogens with zero attached hydrogens (tertiary/aromatic N) is 1. The highest BCUT2D eigenvalue weighted by Crippen LogP contribution is 2.11. The summed E-state index contributed by atoms with van der Waals surface area (Å²) < 4.78 is 0. The van der Waals surface area contributed by atoms with Gasteiger partial charge in [0.05, 0.1) is 6.54 Å². The molecule has 1 rings (SSSR count). The van der Waals surface area contributed by atoms with E-state index in [4.69, 9.17) is 6.42 Å². The van der Waals surface area contributed by atoms with Crippen LogP contribution in [0.2, 0.25) is 0 Å². The van der Waals surface area contributed by atoms with Crippen molar-refractivity contribution in [2.45, 2.75) is 13.3 Å². The maximum Gasteiger partial charge on any atom is 0.254 e. The summed E-state index contributed by atoms with van der Waals surface area (Å²) in [7, 11) is 1.72. The highest BCUT2D eigenvalue weighted by molar-refractivity contribution is 5.95. The molecule has 15 heavy (non-hydrogen) atoms. The van der Waals surface area contributed by atoms with E-state index in [1.165, 1.54) is 0 Å². The van der Waals surface area contributed by atoms with Crippen LogP contribution in [-0.2, 0) is 6.42 Å². The lowest BCUT2D eigenvalue weighted by Gasteiger charge is -2.15. The third-order valence-electron chi connectivity index (χ3n) is 2.30. The van der Waals surface area contributed by atoms with Crippen molar-refractivity contribution in [2.24, 2.45) is 0 Å². The molecule has 2 heteroatoms. The molecule has 0 bridgehead atoms. The Labute approximate surface area is 90.9 Å². The van der Waals surface area contributed by atoms with E-state index in [0.717, 1.165) is 17.5 Å². The van der Waals surface area contributed by atoms with Crippen LogP contribution in [0.15, 0.2) is 24.3 Å². The van der Waals surface area contributed by atoms with Crippen LogP contribution in [-0.4, -0.2) is 24.4 Å². The summed E-state index contributed by atoms with van der Waals surface area (Å²) in [5.41, 5.74) is 1.81. The first-order chi connectivity index (χ1) is 7.20. The third kappa shape index (κ3) is 2.60. The lowest BCUT2D eigenvalue weighted by molar-refractivity contribution is 0.0811. The Bertz CT molecular complexity index is 390. The smallest absolute Gasteiger partial charge is 0.254 e. The predicted octanol–water partition coefficient (Wildman–Crippen LogP) is 1.95. The van der Waals surface area contributed by atoms with Crippen molar-refractivity contribution in [3.8, 4) is 12.3 Å². The maximum atomic E-state index is 11.9. The second kappa shape index (κ2) is 5.21. The Balaban J connectivity index is 2.96. The number of aryl methyl sites for hydroxylation is 1. The van der Waals surface area contributed by atoms with Crippen molar-refractivity contribution in [2.75, 3.05) is 13.6 Å². The average molecular weight is 201 g/mol. The molecule has 0 saturated carbocycles. The molecular formula is C13H15NO. The van der Waals surface area contributed by atoms with Crippen LogP contribution in [0.4, 0.5) is 0 Å². The van der Waals surface area contributed by atoms with E-state index >= 15 is 0 Å². The lowest BCUT2D eigenvalue weighted by Crippen LogP contribution is -2.27. The first-order valence-electron chi connectivity index (χ1n) is 4.97. The van der Waals surface area contributed by atoms with Crippen LogP contribution < -0.4 is 0 Å². The Morgan fingerprint density at radius 1 is 1.47 bits per heavy atom. The Morgan fingerprint density at radius 3 is 2.73 bits per heavy atom. The normalized spacial score (nSPS) is 9.40. The summed E-state index contributed by atoms with van der Waals surface area (Å²) >= 11 is 0. The van der Waals surface area contributed by atoms with Gasteiger partial charge in [-0.25, -0.2) is 0 Å². The van der Waals surface area contributed by atoms with E-state index in [0.29, 0.717) is 6.54 Å². The van der Waals surface area contributed by atoms with Crippen LogP contribution in [0.25, 0.3) is 0 Å². The van der Waals surface area contributed by atoms with Crippen LogP contribution >= 0.6 is 0 Å². The maximum absolute atomic E-state index is 11.9. The van der Waals surface area contributed by atoms with Gasteiger partial charge in [0, 0.05) is 12.6 Å². The third-order valence-corrected chi connectivity index (χ3v) is 2.30. The molecular weight excluding hydrogens is 186 g/mol. The molecule has 0 saturated heterocycles. The first kappa shape index (κ1) is 11.3. The Hall–Kier alpha value is -1.75. The summed E-state index contributed by atoms with van der Waals surface area (Å²) in [4.78, 5) is 13.5. The van der Waals surface area contributed by atoms with Gasteiger partial charge in [-0.3, -0.25) is 4.79 Å². The second-order valence-corrected chi connectivity index (χ2v) is 3.38. The molecule has 2 nitrogen and oxygen atoms in total. The van der Waals surface area contributed by atoms with E-state index in [1.807, 2.05) is 31.2 Å². The molecule has 0 atom stereocenters. The number of hydrogen-bond acceptors (Lipinski definition) is 1. The Kier molecular flexibility index (Phi) is 3.93. The fourth-order valence-corrected chi connectivity index (χ4v) is 1.45. The van der Waals surface area contributed by atoms with Crippen molar-refractivity contribution in [1.29, 1.82) is 0 Å². The van der Waals surface area contributed by atoms with E-state index in [9.17, 15) is 4.79 Å². The fraction of sp³-hybridized carbons (Fsp3) is 0.308. The number of amides is 1. The van der Waals surface area contributed by atoms with Gasteiger partial charge in [-0.05, 0) is 18.1 Å². The number of terminal acetylenes is 1. The minimum absolute atomic E-state index is 0.00889. The minimum Gasteiger partial charge on any atom is -0.331 e. The zero-order chi connectivity index (χ0) is 11.3. The molecule has 0 aromatic heterocycles. The second-order valence-electron chi connectivity index (χ2n) is 3.38. The van der Waals surface area contributed by atoms with Crippen LogP contribution in [0, 0.1) is 12.3 Å². The van der Waals surface area contributed by atoms with Gasteiger partial charge < -0.3 is 4.90 Å². The largest absolute Gasteiger partial charge is 0.331 e. The minimum atomic E-state index is -0.00889. The van der Waals surface area contributed by atoms with Gasteiger partial charge in [-0.1, -0.05) is 31.0 Å². The van der Waals surface area contributed by atoms with Crippen molar-refractivity contribution in [3.63, 3.8) is 0 Å². The summed E-state index contributed by atoms with van der Waals surface area (Å²) in [6, 6.07) is 7.62. The molecule has 0 aliphatic heterocycles. The lowest BCUT2D eigenvalue weighted by atomic mass is 10.0. The molecule has 78 valence electrons. The van der Waals surface area contributed by atoms with E-state index in [2.05, 4.69) is 5.92 Å².